The monoisotopic (exact) mass is 309 g/mol. The zero-order valence-corrected chi connectivity index (χ0v) is 13.1. The molecule has 23 heavy (non-hydrogen) atoms. The number of oxime groups is 1. The fourth-order valence-electron chi connectivity index (χ4n) is 2.18. The van der Waals surface area contributed by atoms with Crippen LogP contribution in [0.1, 0.15) is 42.1 Å². The Morgan fingerprint density at radius 2 is 1.43 bits per heavy atom. The highest BCUT2D eigenvalue weighted by Gasteiger charge is 2.09. The van der Waals surface area contributed by atoms with E-state index < -0.39 is 5.97 Å². The SMILES string of the molecule is CC(=O)ON=C(CCCC(=O)c1ccccc1)c1ccccc1. The van der Waals surface area contributed by atoms with E-state index in [0.717, 1.165) is 5.56 Å². The molecule has 0 aliphatic heterocycles. The summed E-state index contributed by atoms with van der Waals surface area (Å²) < 4.78 is 0. The molecule has 0 N–H and O–H groups in total. The zero-order valence-electron chi connectivity index (χ0n) is 13.1. The van der Waals surface area contributed by atoms with Crippen LogP contribution in [0.15, 0.2) is 65.8 Å². The number of ketones is 1. The van der Waals surface area contributed by atoms with Crippen molar-refractivity contribution < 1.29 is 14.4 Å². The summed E-state index contributed by atoms with van der Waals surface area (Å²) in [4.78, 5) is 27.8. The normalized spacial score (nSPS) is 11.1. The predicted molar refractivity (Wildman–Crippen MR) is 89.4 cm³/mol. The summed E-state index contributed by atoms with van der Waals surface area (Å²) in [6.45, 7) is 1.31. The molecule has 0 atom stereocenters. The van der Waals surface area contributed by atoms with Gasteiger partial charge in [0.1, 0.15) is 0 Å². The molecule has 0 unspecified atom stereocenters. The van der Waals surface area contributed by atoms with Crippen LogP contribution in [0.3, 0.4) is 0 Å². The second kappa shape index (κ2) is 8.63. The summed E-state index contributed by atoms with van der Waals surface area (Å²) in [6, 6.07) is 18.7. The molecule has 4 nitrogen and oxygen atoms in total. The van der Waals surface area contributed by atoms with Crippen molar-refractivity contribution >= 4 is 17.5 Å². The molecule has 0 amide bonds. The molecule has 2 aromatic carbocycles. The minimum Gasteiger partial charge on any atom is -0.318 e. The van der Waals surface area contributed by atoms with E-state index in [1.165, 1.54) is 6.92 Å². The van der Waals surface area contributed by atoms with Crippen molar-refractivity contribution in [2.45, 2.75) is 26.2 Å². The topological polar surface area (TPSA) is 55.7 Å². The molecule has 4 heteroatoms. The largest absolute Gasteiger partial charge is 0.331 e. The third kappa shape index (κ3) is 5.51. The van der Waals surface area contributed by atoms with Crippen LogP contribution in [0.2, 0.25) is 0 Å². The Labute approximate surface area is 135 Å². The fraction of sp³-hybridized carbons (Fsp3) is 0.211. The number of Topliss-reactive ketones (excluding diaryl/α,β-unsaturated/α-hetero) is 1. The van der Waals surface area contributed by atoms with E-state index in [0.29, 0.717) is 30.5 Å². The Morgan fingerprint density at radius 3 is 2.00 bits per heavy atom. The molecular formula is C19H19NO3. The Balaban J connectivity index is 1.97. The number of carbonyl (C=O) groups is 2. The first-order valence-corrected chi connectivity index (χ1v) is 7.55. The van der Waals surface area contributed by atoms with Crippen LogP contribution in [0, 0.1) is 0 Å². The van der Waals surface area contributed by atoms with Crippen molar-refractivity contribution in [1.82, 2.24) is 0 Å². The molecule has 0 aliphatic carbocycles. The summed E-state index contributed by atoms with van der Waals surface area (Å²) in [5, 5.41) is 3.92. The molecule has 0 radical (unpaired) electrons. The van der Waals surface area contributed by atoms with E-state index in [9.17, 15) is 9.59 Å². The average molecular weight is 309 g/mol. The van der Waals surface area contributed by atoms with Crippen LogP contribution in [0.5, 0.6) is 0 Å². The lowest BCUT2D eigenvalue weighted by Gasteiger charge is -2.06. The van der Waals surface area contributed by atoms with Crippen molar-refractivity contribution in [3.05, 3.63) is 71.8 Å². The van der Waals surface area contributed by atoms with E-state index >= 15 is 0 Å². The third-order valence-corrected chi connectivity index (χ3v) is 3.30. The van der Waals surface area contributed by atoms with Gasteiger partial charge < -0.3 is 4.84 Å². The molecule has 2 rings (SSSR count). The zero-order chi connectivity index (χ0) is 16.5. The third-order valence-electron chi connectivity index (χ3n) is 3.30. The van der Waals surface area contributed by atoms with Gasteiger partial charge >= 0.3 is 5.97 Å². The van der Waals surface area contributed by atoms with E-state index in [1.54, 1.807) is 0 Å². The molecule has 0 bridgehead atoms. The first-order chi connectivity index (χ1) is 11.2. The quantitative estimate of drug-likeness (QED) is 0.336. The van der Waals surface area contributed by atoms with E-state index in [2.05, 4.69) is 5.16 Å². The van der Waals surface area contributed by atoms with Crippen LogP contribution < -0.4 is 0 Å². The number of rotatable bonds is 7. The second-order valence-corrected chi connectivity index (χ2v) is 5.13. The number of carbonyl (C=O) groups excluding carboxylic acids is 2. The van der Waals surface area contributed by atoms with E-state index in [1.807, 2.05) is 60.7 Å². The molecule has 118 valence electrons. The Hall–Kier alpha value is -2.75. The van der Waals surface area contributed by atoms with E-state index in [-0.39, 0.29) is 5.78 Å². The van der Waals surface area contributed by atoms with Crippen molar-refractivity contribution in [3.8, 4) is 0 Å². The van der Waals surface area contributed by atoms with Gasteiger partial charge in [-0.25, -0.2) is 4.79 Å². The van der Waals surface area contributed by atoms with Crippen LogP contribution in [0.25, 0.3) is 0 Å². The van der Waals surface area contributed by atoms with Gasteiger partial charge in [-0.3, -0.25) is 4.79 Å². The Bertz CT molecular complexity index is 678. The lowest BCUT2D eigenvalue weighted by Crippen LogP contribution is -2.06. The number of hydrogen-bond donors (Lipinski definition) is 0. The molecule has 2 aromatic rings. The molecule has 0 fully saturated rings. The van der Waals surface area contributed by atoms with Crippen LogP contribution >= 0.6 is 0 Å². The summed E-state index contributed by atoms with van der Waals surface area (Å²) in [7, 11) is 0. The van der Waals surface area contributed by atoms with Crippen LogP contribution in [-0.4, -0.2) is 17.5 Å². The van der Waals surface area contributed by atoms with Gasteiger partial charge in [-0.05, 0) is 18.4 Å². The van der Waals surface area contributed by atoms with Gasteiger partial charge in [0, 0.05) is 18.9 Å². The van der Waals surface area contributed by atoms with Crippen LogP contribution in [0.4, 0.5) is 0 Å². The standard InChI is InChI=1S/C19H19NO3/c1-15(21)23-20-18(16-9-4-2-5-10-16)13-8-14-19(22)17-11-6-3-7-12-17/h2-7,9-12H,8,13-14H2,1H3. The van der Waals surface area contributed by atoms with Crippen molar-refractivity contribution in [3.63, 3.8) is 0 Å². The highest BCUT2D eigenvalue weighted by Crippen LogP contribution is 2.12. The van der Waals surface area contributed by atoms with Crippen molar-refractivity contribution in [1.29, 1.82) is 0 Å². The lowest BCUT2D eigenvalue weighted by atomic mass is 10.0. The maximum absolute atomic E-state index is 12.1. The molecule has 0 aromatic heterocycles. The molecule has 0 spiro atoms. The Morgan fingerprint density at radius 1 is 0.870 bits per heavy atom. The molecule has 0 saturated heterocycles. The molecule has 0 saturated carbocycles. The maximum atomic E-state index is 12.1. The average Bonchev–Trinajstić information content (AvgIpc) is 2.59. The van der Waals surface area contributed by atoms with Gasteiger partial charge in [-0.1, -0.05) is 65.8 Å². The summed E-state index contributed by atoms with van der Waals surface area (Å²) in [5.41, 5.74) is 2.27. The van der Waals surface area contributed by atoms with Gasteiger partial charge in [0.2, 0.25) is 0 Å². The lowest BCUT2D eigenvalue weighted by molar-refractivity contribution is -0.140. The van der Waals surface area contributed by atoms with Gasteiger partial charge in [-0.15, -0.1) is 0 Å². The molecular weight excluding hydrogens is 290 g/mol. The summed E-state index contributed by atoms with van der Waals surface area (Å²) in [6.07, 6.45) is 1.63. The molecule has 0 heterocycles. The fourth-order valence-corrected chi connectivity index (χ4v) is 2.18. The highest BCUT2D eigenvalue weighted by molar-refractivity contribution is 6.01. The number of nitrogens with zero attached hydrogens (tertiary/aromatic N) is 1. The van der Waals surface area contributed by atoms with E-state index in [4.69, 9.17) is 4.84 Å². The van der Waals surface area contributed by atoms with Crippen LogP contribution in [-0.2, 0) is 9.63 Å². The Kier molecular flexibility index (Phi) is 6.24. The molecule has 0 aliphatic rings. The van der Waals surface area contributed by atoms with Gasteiger partial charge in [0.25, 0.3) is 0 Å². The van der Waals surface area contributed by atoms with Crippen molar-refractivity contribution in [2.75, 3.05) is 0 Å². The maximum Gasteiger partial charge on any atom is 0.331 e. The summed E-state index contributed by atoms with van der Waals surface area (Å²) in [5.74, 6) is -0.357. The minimum absolute atomic E-state index is 0.102. The minimum atomic E-state index is -0.459. The number of benzene rings is 2. The van der Waals surface area contributed by atoms with Gasteiger partial charge in [0.15, 0.2) is 5.78 Å². The second-order valence-electron chi connectivity index (χ2n) is 5.13. The number of hydrogen-bond acceptors (Lipinski definition) is 4. The van der Waals surface area contributed by atoms with Crippen molar-refractivity contribution in [2.24, 2.45) is 5.16 Å². The van der Waals surface area contributed by atoms with Gasteiger partial charge in [0.05, 0.1) is 5.71 Å². The van der Waals surface area contributed by atoms with Gasteiger partial charge in [-0.2, -0.15) is 0 Å². The summed E-state index contributed by atoms with van der Waals surface area (Å²) >= 11 is 0. The first-order valence-electron chi connectivity index (χ1n) is 7.55. The highest BCUT2D eigenvalue weighted by atomic mass is 16.7. The first kappa shape index (κ1) is 16.6. The smallest absolute Gasteiger partial charge is 0.318 e. The predicted octanol–water partition coefficient (Wildman–Crippen LogP) is 4.01.